The molecule has 3 heteroatoms. The molecule has 1 heterocycles. The molecule has 0 bridgehead atoms. The Morgan fingerprint density at radius 1 is 1.24 bits per heavy atom. The predicted octanol–water partition coefficient (Wildman–Crippen LogP) is 4.20. The third-order valence-corrected chi connectivity index (χ3v) is 4.14. The monoisotopic (exact) mass is 263 g/mol. The first kappa shape index (κ1) is 11.4. The van der Waals surface area contributed by atoms with Gasteiger partial charge in [-0.3, -0.25) is 4.98 Å². The number of aromatic nitrogens is 1. The molecule has 1 aromatic heterocycles. The highest BCUT2D eigenvalue weighted by Crippen LogP contribution is 2.32. The number of benzene rings is 1. The Hall–Kier alpha value is -0.730. The molecule has 1 aliphatic carbocycles. The molecule has 0 saturated heterocycles. The van der Waals surface area contributed by atoms with Gasteiger partial charge in [0.15, 0.2) is 0 Å². The second-order valence-corrected chi connectivity index (χ2v) is 5.24. The number of halogens is 1. The zero-order valence-electron chi connectivity index (χ0n) is 9.54. The zero-order chi connectivity index (χ0) is 11.8. The molecular weight excluding hydrogens is 250 g/mol. The summed E-state index contributed by atoms with van der Waals surface area (Å²) in [6.45, 7) is 0. The maximum Gasteiger partial charge on any atom is 0.0894 e. The standard InChI is InChI=1S/C14H14ClNS/c15-12-6-3-5-10-11(8-17)9-4-1-2-7-13(9)16-14(10)12/h3,5-6,17H,1-2,4,7-8H2. The van der Waals surface area contributed by atoms with Gasteiger partial charge >= 0.3 is 0 Å². The van der Waals surface area contributed by atoms with Crippen molar-refractivity contribution in [3.63, 3.8) is 0 Å². The normalized spacial score (nSPS) is 14.9. The number of hydrogen-bond donors (Lipinski definition) is 1. The van der Waals surface area contributed by atoms with E-state index in [-0.39, 0.29) is 0 Å². The number of fused-ring (bicyclic) bond motifs is 2. The molecule has 0 spiro atoms. The largest absolute Gasteiger partial charge is 0.251 e. The van der Waals surface area contributed by atoms with Gasteiger partial charge in [0.05, 0.1) is 10.5 Å². The summed E-state index contributed by atoms with van der Waals surface area (Å²) in [6.07, 6.45) is 4.72. The van der Waals surface area contributed by atoms with E-state index in [0.29, 0.717) is 0 Å². The van der Waals surface area contributed by atoms with Crippen molar-refractivity contribution in [2.75, 3.05) is 0 Å². The van der Waals surface area contributed by atoms with Gasteiger partial charge < -0.3 is 0 Å². The van der Waals surface area contributed by atoms with Gasteiger partial charge in [-0.05, 0) is 42.9 Å². The summed E-state index contributed by atoms with van der Waals surface area (Å²) in [5.74, 6) is 0.766. The summed E-state index contributed by atoms with van der Waals surface area (Å²) in [4.78, 5) is 4.76. The van der Waals surface area contributed by atoms with Crippen LogP contribution in [0.25, 0.3) is 10.9 Å². The van der Waals surface area contributed by atoms with Crippen molar-refractivity contribution in [3.05, 3.63) is 40.0 Å². The lowest BCUT2D eigenvalue weighted by Gasteiger charge is -2.20. The van der Waals surface area contributed by atoms with Crippen LogP contribution in [-0.4, -0.2) is 4.98 Å². The summed E-state index contributed by atoms with van der Waals surface area (Å²) in [5.41, 5.74) is 4.93. The van der Waals surface area contributed by atoms with E-state index in [1.165, 1.54) is 35.0 Å². The summed E-state index contributed by atoms with van der Waals surface area (Å²) in [6, 6.07) is 6.01. The van der Waals surface area contributed by atoms with Crippen molar-refractivity contribution in [2.24, 2.45) is 0 Å². The maximum absolute atomic E-state index is 6.24. The van der Waals surface area contributed by atoms with Crippen LogP contribution in [0.1, 0.15) is 29.7 Å². The highest BCUT2D eigenvalue weighted by atomic mass is 35.5. The molecule has 2 aromatic rings. The lowest BCUT2D eigenvalue weighted by Crippen LogP contribution is -2.09. The van der Waals surface area contributed by atoms with Gasteiger partial charge in [0.2, 0.25) is 0 Å². The van der Waals surface area contributed by atoms with Crippen molar-refractivity contribution in [3.8, 4) is 0 Å². The average Bonchev–Trinajstić information content (AvgIpc) is 2.37. The molecule has 1 aromatic carbocycles. The zero-order valence-corrected chi connectivity index (χ0v) is 11.2. The minimum atomic E-state index is 0.749. The summed E-state index contributed by atoms with van der Waals surface area (Å²) >= 11 is 10.7. The lowest BCUT2D eigenvalue weighted by atomic mass is 9.90. The molecule has 0 fully saturated rings. The first-order valence-electron chi connectivity index (χ1n) is 6.01. The van der Waals surface area contributed by atoms with Crippen molar-refractivity contribution in [2.45, 2.75) is 31.4 Å². The molecule has 0 radical (unpaired) electrons. The number of rotatable bonds is 1. The van der Waals surface area contributed by atoms with E-state index in [2.05, 4.69) is 18.7 Å². The number of para-hydroxylation sites is 1. The quantitative estimate of drug-likeness (QED) is 0.761. The third kappa shape index (κ3) is 1.84. The molecule has 0 amide bonds. The number of hydrogen-bond acceptors (Lipinski definition) is 2. The lowest BCUT2D eigenvalue weighted by molar-refractivity contribution is 0.667. The molecule has 3 rings (SSSR count). The summed E-state index contributed by atoms with van der Waals surface area (Å²) in [5, 5.41) is 1.92. The number of nitrogens with zero attached hydrogens (tertiary/aromatic N) is 1. The highest BCUT2D eigenvalue weighted by molar-refractivity contribution is 7.79. The van der Waals surface area contributed by atoms with E-state index in [4.69, 9.17) is 16.6 Å². The van der Waals surface area contributed by atoms with Crippen molar-refractivity contribution < 1.29 is 0 Å². The van der Waals surface area contributed by atoms with E-state index < -0.39 is 0 Å². The molecule has 1 aliphatic rings. The third-order valence-electron chi connectivity index (χ3n) is 3.52. The summed E-state index contributed by atoms with van der Waals surface area (Å²) in [7, 11) is 0. The predicted molar refractivity (Wildman–Crippen MR) is 76.1 cm³/mol. The highest BCUT2D eigenvalue weighted by Gasteiger charge is 2.17. The molecule has 17 heavy (non-hydrogen) atoms. The molecule has 1 nitrogen and oxygen atoms in total. The minimum Gasteiger partial charge on any atom is -0.251 e. The van der Waals surface area contributed by atoms with E-state index in [9.17, 15) is 0 Å². The molecule has 88 valence electrons. The average molecular weight is 264 g/mol. The fourth-order valence-corrected chi connectivity index (χ4v) is 3.27. The Balaban J connectivity index is 2.39. The number of thiol groups is 1. The van der Waals surface area contributed by atoms with Crippen LogP contribution in [0.5, 0.6) is 0 Å². The fourth-order valence-electron chi connectivity index (χ4n) is 2.69. The SMILES string of the molecule is SCc1c2c(nc3c(Cl)cccc13)CCCC2. The molecule has 0 N–H and O–H groups in total. The van der Waals surface area contributed by atoms with Crippen molar-refractivity contribution >= 4 is 35.1 Å². The van der Waals surface area contributed by atoms with Crippen molar-refractivity contribution in [1.29, 1.82) is 0 Å². The van der Waals surface area contributed by atoms with E-state index >= 15 is 0 Å². The van der Waals surface area contributed by atoms with Crippen LogP contribution < -0.4 is 0 Å². The van der Waals surface area contributed by atoms with Crippen LogP contribution in [0, 0.1) is 0 Å². The second kappa shape index (κ2) is 4.51. The van der Waals surface area contributed by atoms with Crippen LogP contribution >= 0.6 is 24.2 Å². The van der Waals surface area contributed by atoms with Gasteiger partial charge in [0, 0.05) is 16.8 Å². The minimum absolute atomic E-state index is 0.749. The van der Waals surface area contributed by atoms with Gasteiger partial charge in [0.1, 0.15) is 0 Å². The maximum atomic E-state index is 6.24. The Labute approximate surface area is 112 Å². The van der Waals surface area contributed by atoms with Gasteiger partial charge in [-0.25, -0.2) is 0 Å². The van der Waals surface area contributed by atoms with Gasteiger partial charge in [-0.15, -0.1) is 0 Å². The van der Waals surface area contributed by atoms with Crippen LogP contribution in [0.4, 0.5) is 0 Å². The Morgan fingerprint density at radius 3 is 2.88 bits per heavy atom. The van der Waals surface area contributed by atoms with E-state index in [1.54, 1.807) is 0 Å². The summed E-state index contributed by atoms with van der Waals surface area (Å²) < 4.78 is 0. The first-order chi connectivity index (χ1) is 8.31. The molecule has 0 saturated carbocycles. The Morgan fingerprint density at radius 2 is 2.06 bits per heavy atom. The van der Waals surface area contributed by atoms with Crippen molar-refractivity contribution in [1.82, 2.24) is 4.98 Å². The Bertz CT molecular complexity index is 580. The van der Waals surface area contributed by atoms with Crippen LogP contribution in [0.15, 0.2) is 18.2 Å². The fraction of sp³-hybridized carbons (Fsp3) is 0.357. The number of pyridine rings is 1. The Kier molecular flexibility index (Phi) is 3.01. The van der Waals surface area contributed by atoms with Gasteiger partial charge in [0.25, 0.3) is 0 Å². The van der Waals surface area contributed by atoms with E-state index in [0.717, 1.165) is 29.1 Å². The molecular formula is C14H14ClNS. The van der Waals surface area contributed by atoms with Crippen LogP contribution in [0.2, 0.25) is 5.02 Å². The van der Waals surface area contributed by atoms with Crippen LogP contribution in [0.3, 0.4) is 0 Å². The second-order valence-electron chi connectivity index (χ2n) is 4.52. The smallest absolute Gasteiger partial charge is 0.0894 e. The van der Waals surface area contributed by atoms with Gasteiger partial charge in [-0.1, -0.05) is 23.7 Å². The van der Waals surface area contributed by atoms with Gasteiger partial charge in [-0.2, -0.15) is 12.6 Å². The topological polar surface area (TPSA) is 12.9 Å². The molecule has 0 atom stereocenters. The molecule has 0 unspecified atom stereocenters. The van der Waals surface area contributed by atoms with Crippen LogP contribution in [-0.2, 0) is 18.6 Å². The van der Waals surface area contributed by atoms with E-state index in [1.807, 2.05) is 12.1 Å². The molecule has 0 aliphatic heterocycles. The number of aryl methyl sites for hydroxylation is 1. The first-order valence-corrected chi connectivity index (χ1v) is 7.02.